The Hall–Kier alpha value is -0.910. The van der Waals surface area contributed by atoms with E-state index >= 15 is 0 Å². The molecule has 0 spiro atoms. The van der Waals surface area contributed by atoms with Crippen molar-refractivity contribution in [3.05, 3.63) is 33.5 Å². The van der Waals surface area contributed by atoms with Crippen molar-refractivity contribution in [2.24, 2.45) is 0 Å². The Balaban J connectivity index is 1.97. The zero-order chi connectivity index (χ0) is 13.7. The molecule has 0 aliphatic heterocycles. The minimum atomic E-state index is 0.377. The minimum Gasteiger partial charge on any atom is -0.344 e. The molecule has 0 bridgehead atoms. The molecule has 1 unspecified atom stereocenters. The molecule has 0 aliphatic rings. The second-order valence-corrected chi connectivity index (χ2v) is 6.42. The number of rotatable bonds is 7. The average Bonchev–Trinajstić information content (AvgIpc) is 3.08. The van der Waals surface area contributed by atoms with Crippen LogP contribution in [0.25, 0.3) is 0 Å². The number of anilines is 1. The molecular weight excluding hydrogens is 274 g/mol. The summed E-state index contributed by atoms with van der Waals surface area (Å²) in [4.78, 5) is 8.33. The van der Waals surface area contributed by atoms with E-state index in [2.05, 4.69) is 54.0 Å². The van der Waals surface area contributed by atoms with Crippen LogP contribution in [-0.4, -0.2) is 18.6 Å². The number of thiazole rings is 1. The lowest BCUT2D eigenvalue weighted by Gasteiger charge is -2.23. The van der Waals surface area contributed by atoms with Crippen molar-refractivity contribution in [1.29, 1.82) is 0 Å². The van der Waals surface area contributed by atoms with Gasteiger partial charge in [0.25, 0.3) is 0 Å². The SMILES string of the molecule is CCCNCc1csc(N(C)C(C)c2cccs2)n1. The highest BCUT2D eigenvalue weighted by Gasteiger charge is 2.16. The average molecular weight is 295 g/mol. The van der Waals surface area contributed by atoms with E-state index in [9.17, 15) is 0 Å². The van der Waals surface area contributed by atoms with Gasteiger partial charge < -0.3 is 10.2 Å². The van der Waals surface area contributed by atoms with Gasteiger partial charge in [0, 0.05) is 23.8 Å². The maximum absolute atomic E-state index is 4.70. The Morgan fingerprint density at radius 3 is 2.95 bits per heavy atom. The number of thiophene rings is 1. The van der Waals surface area contributed by atoms with Gasteiger partial charge in [-0.1, -0.05) is 13.0 Å². The Morgan fingerprint density at radius 2 is 2.26 bits per heavy atom. The van der Waals surface area contributed by atoms with Gasteiger partial charge >= 0.3 is 0 Å². The highest BCUT2D eigenvalue weighted by molar-refractivity contribution is 7.13. The van der Waals surface area contributed by atoms with E-state index in [4.69, 9.17) is 4.98 Å². The lowest BCUT2D eigenvalue weighted by molar-refractivity contribution is 0.664. The van der Waals surface area contributed by atoms with Gasteiger partial charge in [-0.3, -0.25) is 0 Å². The van der Waals surface area contributed by atoms with Crippen LogP contribution in [0.4, 0.5) is 5.13 Å². The zero-order valence-electron chi connectivity index (χ0n) is 11.7. The molecule has 1 atom stereocenters. The van der Waals surface area contributed by atoms with Gasteiger partial charge in [-0.15, -0.1) is 22.7 Å². The second-order valence-electron chi connectivity index (χ2n) is 4.60. The third-order valence-electron chi connectivity index (χ3n) is 3.11. The van der Waals surface area contributed by atoms with E-state index in [1.54, 1.807) is 22.7 Å². The highest BCUT2D eigenvalue weighted by Crippen LogP contribution is 2.30. The first-order valence-electron chi connectivity index (χ1n) is 6.63. The summed E-state index contributed by atoms with van der Waals surface area (Å²) >= 11 is 3.52. The summed E-state index contributed by atoms with van der Waals surface area (Å²) in [5.74, 6) is 0. The molecule has 2 rings (SSSR count). The Kier molecular flexibility index (Phi) is 5.36. The summed E-state index contributed by atoms with van der Waals surface area (Å²) in [7, 11) is 2.12. The summed E-state index contributed by atoms with van der Waals surface area (Å²) < 4.78 is 0. The van der Waals surface area contributed by atoms with Crippen LogP contribution >= 0.6 is 22.7 Å². The minimum absolute atomic E-state index is 0.377. The van der Waals surface area contributed by atoms with Gasteiger partial charge in [0.2, 0.25) is 0 Å². The molecule has 2 aromatic rings. The molecule has 0 aliphatic carbocycles. The zero-order valence-corrected chi connectivity index (χ0v) is 13.4. The van der Waals surface area contributed by atoms with Crippen molar-refractivity contribution in [3.8, 4) is 0 Å². The summed E-state index contributed by atoms with van der Waals surface area (Å²) in [6, 6.07) is 4.66. The molecule has 0 amide bonds. The van der Waals surface area contributed by atoms with E-state index in [1.807, 2.05) is 0 Å². The van der Waals surface area contributed by atoms with E-state index in [1.165, 1.54) is 4.88 Å². The highest BCUT2D eigenvalue weighted by atomic mass is 32.1. The number of nitrogens with zero attached hydrogens (tertiary/aromatic N) is 2. The number of hydrogen-bond acceptors (Lipinski definition) is 5. The third kappa shape index (κ3) is 3.78. The normalized spacial score (nSPS) is 12.6. The van der Waals surface area contributed by atoms with E-state index < -0.39 is 0 Å². The fraction of sp³-hybridized carbons (Fsp3) is 0.500. The summed E-state index contributed by atoms with van der Waals surface area (Å²) in [6.07, 6.45) is 1.16. The number of aromatic nitrogens is 1. The van der Waals surface area contributed by atoms with Crippen LogP contribution < -0.4 is 10.2 Å². The van der Waals surface area contributed by atoms with E-state index in [0.29, 0.717) is 6.04 Å². The molecular formula is C14H21N3S2. The molecule has 3 nitrogen and oxygen atoms in total. The molecule has 0 aromatic carbocycles. The molecule has 5 heteroatoms. The molecule has 0 saturated heterocycles. The maximum Gasteiger partial charge on any atom is 0.185 e. The fourth-order valence-electron chi connectivity index (χ4n) is 1.82. The smallest absolute Gasteiger partial charge is 0.185 e. The molecule has 19 heavy (non-hydrogen) atoms. The molecule has 0 fully saturated rings. The van der Waals surface area contributed by atoms with Crippen LogP contribution in [0.15, 0.2) is 22.9 Å². The van der Waals surface area contributed by atoms with Gasteiger partial charge in [0.1, 0.15) is 0 Å². The molecule has 0 radical (unpaired) electrons. The molecule has 1 N–H and O–H groups in total. The first-order valence-corrected chi connectivity index (χ1v) is 8.39. The van der Waals surface area contributed by atoms with Gasteiger partial charge in [-0.25, -0.2) is 4.98 Å². The van der Waals surface area contributed by atoms with Crippen molar-refractivity contribution in [2.75, 3.05) is 18.5 Å². The lowest BCUT2D eigenvalue weighted by atomic mass is 10.2. The van der Waals surface area contributed by atoms with Crippen molar-refractivity contribution in [2.45, 2.75) is 32.9 Å². The monoisotopic (exact) mass is 295 g/mol. The van der Waals surface area contributed by atoms with Crippen molar-refractivity contribution in [1.82, 2.24) is 10.3 Å². The topological polar surface area (TPSA) is 28.2 Å². The standard InChI is InChI=1S/C14H21N3S2/c1-4-7-15-9-12-10-19-14(16-12)17(3)11(2)13-6-5-8-18-13/h5-6,8,10-11,15H,4,7,9H2,1-3H3. The first-order chi connectivity index (χ1) is 9.22. The Morgan fingerprint density at radius 1 is 1.42 bits per heavy atom. The Labute approximate surface area is 123 Å². The van der Waals surface area contributed by atoms with Crippen LogP contribution in [0, 0.1) is 0 Å². The lowest BCUT2D eigenvalue weighted by Crippen LogP contribution is -2.21. The van der Waals surface area contributed by atoms with Gasteiger partial charge in [0.15, 0.2) is 5.13 Å². The van der Waals surface area contributed by atoms with Crippen LogP contribution in [0.2, 0.25) is 0 Å². The summed E-state index contributed by atoms with van der Waals surface area (Å²) in [5, 5.41) is 8.75. The van der Waals surface area contributed by atoms with Crippen LogP contribution in [0.1, 0.15) is 36.9 Å². The molecule has 0 saturated carbocycles. The number of hydrogen-bond donors (Lipinski definition) is 1. The third-order valence-corrected chi connectivity index (χ3v) is 5.13. The predicted molar refractivity (Wildman–Crippen MR) is 85.2 cm³/mol. The van der Waals surface area contributed by atoms with Crippen LogP contribution in [0.5, 0.6) is 0 Å². The van der Waals surface area contributed by atoms with Gasteiger partial charge in [-0.05, 0) is 31.3 Å². The molecule has 2 heterocycles. The van der Waals surface area contributed by atoms with Gasteiger partial charge in [-0.2, -0.15) is 0 Å². The summed E-state index contributed by atoms with van der Waals surface area (Å²) in [5.41, 5.74) is 1.14. The number of nitrogens with one attached hydrogen (secondary N) is 1. The fourth-order valence-corrected chi connectivity index (χ4v) is 3.52. The van der Waals surface area contributed by atoms with Crippen molar-refractivity contribution < 1.29 is 0 Å². The van der Waals surface area contributed by atoms with Crippen LogP contribution in [-0.2, 0) is 6.54 Å². The first kappa shape index (κ1) is 14.5. The van der Waals surface area contributed by atoms with Crippen molar-refractivity contribution in [3.63, 3.8) is 0 Å². The van der Waals surface area contributed by atoms with Crippen LogP contribution in [0.3, 0.4) is 0 Å². The largest absolute Gasteiger partial charge is 0.344 e. The quantitative estimate of drug-likeness (QED) is 0.785. The van der Waals surface area contributed by atoms with Crippen molar-refractivity contribution >= 4 is 27.8 Å². The van der Waals surface area contributed by atoms with E-state index in [-0.39, 0.29) is 0 Å². The molecule has 2 aromatic heterocycles. The predicted octanol–water partition coefficient (Wildman–Crippen LogP) is 3.90. The second kappa shape index (κ2) is 7.03. The maximum atomic E-state index is 4.70. The van der Waals surface area contributed by atoms with Gasteiger partial charge in [0.05, 0.1) is 11.7 Å². The summed E-state index contributed by atoms with van der Waals surface area (Å²) in [6.45, 7) is 6.32. The Bertz CT molecular complexity index is 479. The van der Waals surface area contributed by atoms with E-state index in [0.717, 1.165) is 30.3 Å². The molecule has 104 valence electrons.